The number of carbonyl (C=O) groups is 1. The second kappa shape index (κ2) is 6.31. The molecule has 0 aromatic rings. The fourth-order valence-electron chi connectivity index (χ4n) is 0.878. The standard InChI is InChI=1S/C8H18N2O/c1-10(2)7-3-4-8(11)5-6-9/h3-7,9H2,1-2H3. The van der Waals surface area contributed by atoms with Gasteiger partial charge in [-0.3, -0.25) is 4.79 Å². The summed E-state index contributed by atoms with van der Waals surface area (Å²) in [5, 5.41) is 0. The third-order valence-corrected chi connectivity index (χ3v) is 1.48. The lowest BCUT2D eigenvalue weighted by Crippen LogP contribution is -2.15. The first-order valence-electron chi connectivity index (χ1n) is 4.03. The van der Waals surface area contributed by atoms with Crippen LogP contribution in [0.1, 0.15) is 19.3 Å². The van der Waals surface area contributed by atoms with E-state index in [4.69, 9.17) is 5.73 Å². The van der Waals surface area contributed by atoms with Crippen LogP contribution < -0.4 is 5.73 Å². The molecule has 0 unspecified atom stereocenters. The van der Waals surface area contributed by atoms with E-state index in [0.717, 1.165) is 13.0 Å². The number of carbonyl (C=O) groups excluding carboxylic acids is 1. The summed E-state index contributed by atoms with van der Waals surface area (Å²) in [6.45, 7) is 1.47. The van der Waals surface area contributed by atoms with Gasteiger partial charge in [-0.2, -0.15) is 0 Å². The molecule has 0 aliphatic rings. The van der Waals surface area contributed by atoms with E-state index in [2.05, 4.69) is 4.90 Å². The van der Waals surface area contributed by atoms with E-state index in [1.54, 1.807) is 0 Å². The molecule has 2 N–H and O–H groups in total. The van der Waals surface area contributed by atoms with Crippen LogP contribution in [0.3, 0.4) is 0 Å². The lowest BCUT2D eigenvalue weighted by atomic mass is 10.1. The molecule has 0 atom stereocenters. The van der Waals surface area contributed by atoms with Gasteiger partial charge in [0.1, 0.15) is 5.78 Å². The van der Waals surface area contributed by atoms with Crippen molar-refractivity contribution in [2.24, 2.45) is 5.73 Å². The first-order valence-corrected chi connectivity index (χ1v) is 4.03. The van der Waals surface area contributed by atoms with Crippen LogP contribution in [-0.2, 0) is 4.79 Å². The highest BCUT2D eigenvalue weighted by Crippen LogP contribution is 1.94. The molecule has 0 aliphatic carbocycles. The van der Waals surface area contributed by atoms with Crippen LogP contribution in [0.15, 0.2) is 0 Å². The molecule has 0 aromatic heterocycles. The number of Topliss-reactive ketones (excluding diaryl/α,β-unsaturated/α-hetero) is 1. The molecule has 0 saturated carbocycles. The topological polar surface area (TPSA) is 46.3 Å². The van der Waals surface area contributed by atoms with Crippen LogP contribution in [0.2, 0.25) is 0 Å². The van der Waals surface area contributed by atoms with Crippen LogP contribution in [-0.4, -0.2) is 37.9 Å². The minimum absolute atomic E-state index is 0.286. The van der Waals surface area contributed by atoms with Gasteiger partial charge in [0.15, 0.2) is 0 Å². The highest BCUT2D eigenvalue weighted by atomic mass is 16.1. The Morgan fingerprint density at radius 2 is 2.00 bits per heavy atom. The maximum absolute atomic E-state index is 10.9. The zero-order chi connectivity index (χ0) is 8.69. The van der Waals surface area contributed by atoms with E-state index in [0.29, 0.717) is 19.4 Å². The SMILES string of the molecule is CN(C)CCCC(=O)CCN. The van der Waals surface area contributed by atoms with Gasteiger partial charge in [0.2, 0.25) is 0 Å². The first-order chi connectivity index (χ1) is 5.16. The molecule has 11 heavy (non-hydrogen) atoms. The predicted molar refractivity (Wildman–Crippen MR) is 46.5 cm³/mol. The molecule has 3 nitrogen and oxygen atoms in total. The molecule has 0 radical (unpaired) electrons. The lowest BCUT2D eigenvalue weighted by molar-refractivity contribution is -0.119. The Labute approximate surface area is 68.6 Å². The van der Waals surface area contributed by atoms with Gasteiger partial charge in [0.05, 0.1) is 0 Å². The second-order valence-electron chi connectivity index (χ2n) is 2.98. The minimum atomic E-state index is 0.286. The van der Waals surface area contributed by atoms with Crippen LogP contribution in [0, 0.1) is 0 Å². The zero-order valence-corrected chi connectivity index (χ0v) is 7.47. The number of hydrogen-bond acceptors (Lipinski definition) is 3. The van der Waals surface area contributed by atoms with E-state index in [-0.39, 0.29) is 5.78 Å². The molecule has 0 aliphatic heterocycles. The minimum Gasteiger partial charge on any atom is -0.330 e. The van der Waals surface area contributed by atoms with Crippen LogP contribution in [0.25, 0.3) is 0 Å². The summed E-state index contributed by atoms with van der Waals surface area (Å²) in [5.41, 5.74) is 5.23. The zero-order valence-electron chi connectivity index (χ0n) is 7.47. The summed E-state index contributed by atoms with van der Waals surface area (Å²) >= 11 is 0. The van der Waals surface area contributed by atoms with Crippen molar-refractivity contribution >= 4 is 5.78 Å². The highest BCUT2D eigenvalue weighted by molar-refractivity contribution is 5.78. The first kappa shape index (κ1) is 10.6. The molecule has 0 amide bonds. The quantitative estimate of drug-likeness (QED) is 0.602. The summed E-state index contributed by atoms with van der Waals surface area (Å²) in [7, 11) is 4.01. The van der Waals surface area contributed by atoms with Crippen molar-refractivity contribution < 1.29 is 4.79 Å². The fourth-order valence-corrected chi connectivity index (χ4v) is 0.878. The van der Waals surface area contributed by atoms with Gasteiger partial charge in [0.25, 0.3) is 0 Å². The van der Waals surface area contributed by atoms with Gasteiger partial charge in [-0.1, -0.05) is 0 Å². The van der Waals surface area contributed by atoms with E-state index in [1.165, 1.54) is 0 Å². The lowest BCUT2D eigenvalue weighted by Gasteiger charge is -2.07. The Kier molecular flexibility index (Phi) is 6.07. The maximum Gasteiger partial charge on any atom is 0.134 e. The molecule has 0 heterocycles. The summed E-state index contributed by atoms with van der Waals surface area (Å²) in [4.78, 5) is 13.0. The molecule has 0 fully saturated rings. The summed E-state index contributed by atoms with van der Waals surface area (Å²) < 4.78 is 0. The van der Waals surface area contributed by atoms with Gasteiger partial charge in [0, 0.05) is 12.8 Å². The smallest absolute Gasteiger partial charge is 0.134 e. The van der Waals surface area contributed by atoms with Crippen molar-refractivity contribution in [3.63, 3.8) is 0 Å². The van der Waals surface area contributed by atoms with E-state index in [9.17, 15) is 4.79 Å². The summed E-state index contributed by atoms with van der Waals surface area (Å²) in [6.07, 6.45) is 2.16. The van der Waals surface area contributed by atoms with Crippen LogP contribution >= 0.6 is 0 Å². The largest absolute Gasteiger partial charge is 0.330 e. The van der Waals surface area contributed by atoms with E-state index < -0.39 is 0 Å². The molecule has 0 saturated heterocycles. The Morgan fingerprint density at radius 3 is 2.45 bits per heavy atom. The van der Waals surface area contributed by atoms with Crippen molar-refractivity contribution in [1.29, 1.82) is 0 Å². The van der Waals surface area contributed by atoms with Gasteiger partial charge < -0.3 is 10.6 Å². The Morgan fingerprint density at radius 1 is 1.36 bits per heavy atom. The van der Waals surface area contributed by atoms with Crippen molar-refractivity contribution in [3.05, 3.63) is 0 Å². The van der Waals surface area contributed by atoms with Crippen molar-refractivity contribution in [3.8, 4) is 0 Å². The fraction of sp³-hybridized carbons (Fsp3) is 0.875. The molecule has 0 bridgehead atoms. The Bertz CT molecular complexity index is 113. The molecule has 66 valence electrons. The molecular weight excluding hydrogens is 140 g/mol. The van der Waals surface area contributed by atoms with Crippen LogP contribution in [0.5, 0.6) is 0 Å². The number of rotatable bonds is 6. The average molecular weight is 158 g/mol. The molecule has 0 spiro atoms. The van der Waals surface area contributed by atoms with Gasteiger partial charge in [-0.15, -0.1) is 0 Å². The van der Waals surface area contributed by atoms with Crippen LogP contribution in [0.4, 0.5) is 0 Å². The number of nitrogens with zero attached hydrogens (tertiary/aromatic N) is 1. The van der Waals surface area contributed by atoms with Crippen molar-refractivity contribution in [1.82, 2.24) is 4.90 Å². The monoisotopic (exact) mass is 158 g/mol. The normalized spacial score (nSPS) is 10.5. The van der Waals surface area contributed by atoms with E-state index in [1.807, 2.05) is 14.1 Å². The van der Waals surface area contributed by atoms with E-state index >= 15 is 0 Å². The summed E-state index contributed by atoms with van der Waals surface area (Å²) in [5.74, 6) is 0.286. The third kappa shape index (κ3) is 7.49. The highest BCUT2D eigenvalue weighted by Gasteiger charge is 1.99. The van der Waals surface area contributed by atoms with Crippen molar-refractivity contribution in [2.45, 2.75) is 19.3 Å². The number of ketones is 1. The Hall–Kier alpha value is -0.410. The second-order valence-corrected chi connectivity index (χ2v) is 2.98. The third-order valence-electron chi connectivity index (χ3n) is 1.48. The average Bonchev–Trinajstić information content (AvgIpc) is 1.87. The number of nitrogens with two attached hydrogens (primary N) is 1. The Balaban J connectivity index is 3.17. The number of hydrogen-bond donors (Lipinski definition) is 1. The maximum atomic E-state index is 10.9. The predicted octanol–water partition coefficient (Wildman–Crippen LogP) is 0.246. The van der Waals surface area contributed by atoms with Gasteiger partial charge in [-0.05, 0) is 33.6 Å². The molecule has 3 heteroatoms. The molecule has 0 rings (SSSR count). The molecular formula is C8H18N2O. The summed E-state index contributed by atoms with van der Waals surface area (Å²) in [6, 6.07) is 0. The van der Waals surface area contributed by atoms with Gasteiger partial charge in [-0.25, -0.2) is 0 Å². The van der Waals surface area contributed by atoms with Crippen molar-refractivity contribution in [2.75, 3.05) is 27.2 Å². The van der Waals surface area contributed by atoms with Gasteiger partial charge >= 0.3 is 0 Å². The molecule has 0 aromatic carbocycles.